The molecule has 1 aliphatic rings. The van der Waals surface area contributed by atoms with E-state index in [-0.39, 0.29) is 12.5 Å². The minimum Gasteiger partial charge on any atom is -0.489 e. The van der Waals surface area contributed by atoms with E-state index >= 15 is 0 Å². The highest BCUT2D eigenvalue weighted by molar-refractivity contribution is 5.90. The second-order valence-electron chi connectivity index (χ2n) is 6.79. The molecular weight excluding hydrogens is 375 g/mol. The Labute approximate surface area is 169 Å². The van der Waals surface area contributed by atoms with Gasteiger partial charge in [-0.1, -0.05) is 12.1 Å². The van der Waals surface area contributed by atoms with Gasteiger partial charge in [0.25, 0.3) is 0 Å². The Balaban J connectivity index is 1.56. The van der Waals surface area contributed by atoms with Gasteiger partial charge in [-0.3, -0.25) is 4.79 Å². The molecule has 1 aliphatic heterocycles. The molecule has 2 aromatic carbocycles. The van der Waals surface area contributed by atoms with Crippen molar-refractivity contribution in [1.82, 2.24) is 5.48 Å². The molecule has 0 radical (unpaired) electrons. The summed E-state index contributed by atoms with van der Waals surface area (Å²) in [5, 5.41) is 0. The molecule has 6 nitrogen and oxygen atoms in total. The zero-order valence-corrected chi connectivity index (χ0v) is 16.6. The summed E-state index contributed by atoms with van der Waals surface area (Å²) in [5.74, 6) is 0.201. The van der Waals surface area contributed by atoms with Crippen LogP contribution in [-0.4, -0.2) is 26.2 Å². The summed E-state index contributed by atoms with van der Waals surface area (Å²) in [6.07, 6.45) is 3.50. The van der Waals surface area contributed by atoms with Crippen LogP contribution in [0.2, 0.25) is 0 Å². The summed E-state index contributed by atoms with van der Waals surface area (Å²) in [7, 11) is 1.72. The number of anilines is 1. The Bertz CT molecular complexity index is 860. The van der Waals surface area contributed by atoms with Crippen molar-refractivity contribution in [2.45, 2.75) is 26.4 Å². The number of amides is 1. The lowest BCUT2D eigenvalue weighted by molar-refractivity contribution is -0.116. The zero-order valence-electron chi connectivity index (χ0n) is 16.6. The highest BCUT2D eigenvalue weighted by Gasteiger charge is 2.08. The fraction of sp³-hybridized carbons (Fsp3) is 0.318. The third kappa shape index (κ3) is 6.22. The second kappa shape index (κ2) is 9.93. The molecule has 1 heterocycles. The van der Waals surface area contributed by atoms with E-state index in [4.69, 9.17) is 14.3 Å². The van der Waals surface area contributed by atoms with Gasteiger partial charge in [-0.05, 0) is 36.1 Å². The number of hydrogen-bond acceptors (Lipinski definition) is 5. The largest absolute Gasteiger partial charge is 0.489 e. The van der Waals surface area contributed by atoms with Crippen LogP contribution in [0, 0.1) is 5.82 Å². The SMILES string of the molecule is CC(=O)N(C)c1ccc(COc2cc(F)cc(ONC=C3CCOCC3)c2)cc1. The maximum absolute atomic E-state index is 13.9. The number of hydrogen-bond donors (Lipinski definition) is 1. The van der Waals surface area contributed by atoms with Gasteiger partial charge in [0.15, 0.2) is 5.75 Å². The van der Waals surface area contributed by atoms with E-state index in [9.17, 15) is 9.18 Å². The van der Waals surface area contributed by atoms with Crippen LogP contribution < -0.4 is 20.0 Å². The number of nitrogens with one attached hydrogen (secondary N) is 1. The molecule has 154 valence electrons. The van der Waals surface area contributed by atoms with Crippen LogP contribution in [0.4, 0.5) is 10.1 Å². The Kier molecular flexibility index (Phi) is 7.08. The molecule has 1 N–H and O–H groups in total. The predicted molar refractivity (Wildman–Crippen MR) is 108 cm³/mol. The number of hydroxylamine groups is 1. The molecule has 0 saturated carbocycles. The van der Waals surface area contributed by atoms with Crippen molar-refractivity contribution >= 4 is 11.6 Å². The van der Waals surface area contributed by atoms with E-state index in [1.54, 1.807) is 24.2 Å². The van der Waals surface area contributed by atoms with Gasteiger partial charge in [-0.15, -0.1) is 0 Å². The summed E-state index contributed by atoms with van der Waals surface area (Å²) >= 11 is 0. The molecule has 1 saturated heterocycles. The third-order valence-corrected chi connectivity index (χ3v) is 4.62. The van der Waals surface area contributed by atoms with Crippen molar-refractivity contribution in [2.75, 3.05) is 25.2 Å². The van der Waals surface area contributed by atoms with Crippen LogP contribution in [0.25, 0.3) is 0 Å². The maximum Gasteiger partial charge on any atom is 0.223 e. The van der Waals surface area contributed by atoms with Crippen molar-refractivity contribution in [3.05, 3.63) is 65.6 Å². The Hall–Kier alpha value is -3.06. The summed E-state index contributed by atoms with van der Waals surface area (Å²) in [4.78, 5) is 18.4. The minimum atomic E-state index is -0.448. The minimum absolute atomic E-state index is 0.0395. The van der Waals surface area contributed by atoms with Crippen molar-refractivity contribution in [3.63, 3.8) is 0 Å². The van der Waals surface area contributed by atoms with Crippen LogP contribution in [0.1, 0.15) is 25.3 Å². The van der Waals surface area contributed by atoms with Crippen molar-refractivity contribution in [2.24, 2.45) is 0 Å². The maximum atomic E-state index is 13.9. The van der Waals surface area contributed by atoms with Gasteiger partial charge in [-0.25, -0.2) is 9.87 Å². The van der Waals surface area contributed by atoms with Crippen LogP contribution in [0.3, 0.4) is 0 Å². The molecule has 7 heteroatoms. The van der Waals surface area contributed by atoms with Crippen molar-refractivity contribution in [1.29, 1.82) is 0 Å². The van der Waals surface area contributed by atoms with Gasteiger partial charge in [-0.2, -0.15) is 0 Å². The molecule has 0 bridgehead atoms. The van der Waals surface area contributed by atoms with Crippen LogP contribution in [0.5, 0.6) is 11.5 Å². The Morgan fingerprint density at radius 1 is 1.17 bits per heavy atom. The number of ether oxygens (including phenoxy) is 2. The standard InChI is InChI=1S/C22H25FN2O4/c1-16(26)25(2)20-5-3-18(4-6-20)15-28-21-11-19(23)12-22(13-21)29-24-14-17-7-9-27-10-8-17/h3-6,11-14,24H,7-10,15H2,1-2H3. The molecule has 3 rings (SSSR count). The van der Waals surface area contributed by atoms with E-state index in [0.29, 0.717) is 24.7 Å². The molecular formula is C22H25FN2O4. The lowest BCUT2D eigenvalue weighted by Crippen LogP contribution is -2.22. The first-order valence-electron chi connectivity index (χ1n) is 9.46. The van der Waals surface area contributed by atoms with E-state index in [0.717, 1.165) is 24.1 Å². The van der Waals surface area contributed by atoms with E-state index in [1.807, 2.05) is 24.3 Å². The van der Waals surface area contributed by atoms with Gasteiger partial charge < -0.3 is 19.2 Å². The zero-order chi connectivity index (χ0) is 20.6. The normalized spacial score (nSPS) is 13.6. The highest BCUT2D eigenvalue weighted by atomic mass is 19.1. The van der Waals surface area contributed by atoms with Crippen LogP contribution in [0.15, 0.2) is 54.2 Å². The fourth-order valence-corrected chi connectivity index (χ4v) is 2.80. The van der Waals surface area contributed by atoms with Crippen LogP contribution in [-0.2, 0) is 16.1 Å². The van der Waals surface area contributed by atoms with Crippen LogP contribution >= 0.6 is 0 Å². The number of halogens is 1. The first-order valence-corrected chi connectivity index (χ1v) is 9.46. The fourth-order valence-electron chi connectivity index (χ4n) is 2.80. The van der Waals surface area contributed by atoms with Gasteiger partial charge >= 0.3 is 0 Å². The van der Waals surface area contributed by atoms with E-state index in [2.05, 4.69) is 5.48 Å². The molecule has 0 unspecified atom stereocenters. The number of benzene rings is 2. The van der Waals surface area contributed by atoms with Gasteiger partial charge in [0.2, 0.25) is 5.91 Å². The number of nitrogens with zero attached hydrogens (tertiary/aromatic N) is 1. The number of rotatable bonds is 7. The number of carbonyl (C=O) groups is 1. The average molecular weight is 400 g/mol. The smallest absolute Gasteiger partial charge is 0.223 e. The summed E-state index contributed by atoms with van der Waals surface area (Å²) in [5.41, 5.74) is 5.65. The highest BCUT2D eigenvalue weighted by Crippen LogP contribution is 2.23. The van der Waals surface area contributed by atoms with Crippen molar-refractivity contribution in [3.8, 4) is 11.5 Å². The molecule has 0 aliphatic carbocycles. The molecule has 0 spiro atoms. The molecule has 0 aromatic heterocycles. The van der Waals surface area contributed by atoms with E-state index in [1.165, 1.54) is 24.6 Å². The summed E-state index contributed by atoms with van der Waals surface area (Å²) in [6, 6.07) is 11.6. The Morgan fingerprint density at radius 2 is 1.86 bits per heavy atom. The molecule has 1 fully saturated rings. The average Bonchev–Trinajstić information content (AvgIpc) is 2.72. The molecule has 2 aromatic rings. The molecule has 29 heavy (non-hydrogen) atoms. The summed E-state index contributed by atoms with van der Waals surface area (Å²) < 4.78 is 24.9. The second-order valence-corrected chi connectivity index (χ2v) is 6.79. The van der Waals surface area contributed by atoms with E-state index < -0.39 is 5.82 Å². The van der Waals surface area contributed by atoms with Gasteiger partial charge in [0.05, 0.1) is 13.2 Å². The third-order valence-electron chi connectivity index (χ3n) is 4.62. The quantitative estimate of drug-likeness (QED) is 0.713. The Morgan fingerprint density at radius 3 is 2.55 bits per heavy atom. The first kappa shape index (κ1) is 20.7. The van der Waals surface area contributed by atoms with Gasteiger partial charge in [0, 0.05) is 44.1 Å². The monoisotopic (exact) mass is 400 g/mol. The molecule has 0 atom stereocenters. The first-order chi connectivity index (χ1) is 14.0. The topological polar surface area (TPSA) is 60.0 Å². The predicted octanol–water partition coefficient (Wildman–Crippen LogP) is 3.97. The van der Waals surface area contributed by atoms with Crippen molar-refractivity contribution < 1.29 is 23.5 Å². The van der Waals surface area contributed by atoms with Gasteiger partial charge in [0.1, 0.15) is 18.2 Å². The lowest BCUT2D eigenvalue weighted by Gasteiger charge is -2.16. The molecule has 1 amide bonds. The number of carbonyl (C=O) groups excluding carboxylic acids is 1. The summed E-state index contributed by atoms with van der Waals surface area (Å²) in [6.45, 7) is 3.19. The lowest BCUT2D eigenvalue weighted by atomic mass is 10.1.